The number of anilines is 1. The van der Waals surface area contributed by atoms with Crippen LogP contribution in [0.5, 0.6) is 5.75 Å². The van der Waals surface area contributed by atoms with E-state index in [1.54, 1.807) is 48.5 Å². The van der Waals surface area contributed by atoms with Gasteiger partial charge in [-0.15, -0.1) is 0 Å². The van der Waals surface area contributed by atoms with Gasteiger partial charge in [0.2, 0.25) is 0 Å². The molecule has 1 saturated heterocycles. The summed E-state index contributed by atoms with van der Waals surface area (Å²) < 4.78 is 19.5. The number of aromatic nitrogens is 1. The second kappa shape index (κ2) is 8.55. The van der Waals surface area contributed by atoms with E-state index in [0.717, 1.165) is 11.3 Å². The van der Waals surface area contributed by atoms with Crippen molar-refractivity contribution in [2.75, 3.05) is 12.0 Å². The van der Waals surface area contributed by atoms with Crippen LogP contribution in [0.3, 0.4) is 0 Å². The maximum Gasteiger partial charge on any atom is 0.301 e. The topological polar surface area (TPSA) is 79.7 Å². The van der Waals surface area contributed by atoms with Crippen molar-refractivity contribution < 1.29 is 23.8 Å². The number of aliphatic hydroxyl groups is 1. The van der Waals surface area contributed by atoms with Crippen molar-refractivity contribution in [2.45, 2.75) is 6.04 Å². The maximum absolute atomic E-state index is 13.7. The largest absolute Gasteiger partial charge is 0.507 e. The first-order chi connectivity index (χ1) is 16.4. The Morgan fingerprint density at radius 3 is 2.68 bits per heavy atom. The van der Waals surface area contributed by atoms with Crippen molar-refractivity contribution in [1.82, 2.24) is 4.98 Å². The standard InChI is InChI=1S/C25H16ClFN2O4S/c1-33-17-7-3-5-14(11-17)22(30)20-21(13-4-2-6-15(26)10-13)29(24(32)23(20)31)25-28-18-9-8-16(27)12-19(18)34-25/h2-12,21,30H,1H3. The number of Topliss-reactive ketones (excluding diaryl/α,β-unsaturated/α-hetero) is 1. The van der Waals surface area contributed by atoms with Gasteiger partial charge in [-0.1, -0.05) is 47.2 Å². The first kappa shape index (κ1) is 22.1. The minimum atomic E-state index is -0.990. The number of amides is 1. The van der Waals surface area contributed by atoms with Crippen LogP contribution >= 0.6 is 22.9 Å². The Kier molecular flexibility index (Phi) is 5.55. The number of ketones is 1. The van der Waals surface area contributed by atoms with Crippen LogP contribution in [0.2, 0.25) is 5.02 Å². The average Bonchev–Trinajstić information content (AvgIpc) is 3.36. The quantitative estimate of drug-likeness (QED) is 0.223. The van der Waals surface area contributed by atoms with Crippen molar-refractivity contribution in [2.24, 2.45) is 0 Å². The molecule has 3 aromatic carbocycles. The summed E-state index contributed by atoms with van der Waals surface area (Å²) in [5.41, 5.74) is 1.21. The fraction of sp³-hybridized carbons (Fsp3) is 0.0800. The summed E-state index contributed by atoms with van der Waals surface area (Å²) in [7, 11) is 1.49. The van der Waals surface area contributed by atoms with Gasteiger partial charge in [0, 0.05) is 10.6 Å². The third-order valence-electron chi connectivity index (χ3n) is 5.50. The smallest absolute Gasteiger partial charge is 0.301 e. The van der Waals surface area contributed by atoms with Crippen molar-refractivity contribution in [3.05, 3.63) is 94.3 Å². The van der Waals surface area contributed by atoms with E-state index in [1.165, 1.54) is 30.2 Å². The van der Waals surface area contributed by atoms with Gasteiger partial charge in [0.15, 0.2) is 5.13 Å². The molecule has 170 valence electrons. The van der Waals surface area contributed by atoms with Gasteiger partial charge in [-0.25, -0.2) is 9.37 Å². The van der Waals surface area contributed by atoms with E-state index < -0.39 is 23.5 Å². The van der Waals surface area contributed by atoms with Crippen molar-refractivity contribution >= 4 is 55.7 Å². The lowest BCUT2D eigenvalue weighted by molar-refractivity contribution is -0.132. The molecule has 1 unspecified atom stereocenters. The number of nitrogens with zero attached hydrogens (tertiary/aromatic N) is 2. The summed E-state index contributed by atoms with van der Waals surface area (Å²) in [6.07, 6.45) is 0. The average molecular weight is 495 g/mol. The van der Waals surface area contributed by atoms with Crippen LogP contribution in [0, 0.1) is 5.82 Å². The van der Waals surface area contributed by atoms with Gasteiger partial charge < -0.3 is 9.84 Å². The zero-order chi connectivity index (χ0) is 24.0. The highest BCUT2D eigenvalue weighted by atomic mass is 35.5. The lowest BCUT2D eigenvalue weighted by Gasteiger charge is -2.23. The number of halogens is 2. The zero-order valence-corrected chi connectivity index (χ0v) is 19.2. The molecule has 4 aromatic rings. The van der Waals surface area contributed by atoms with Gasteiger partial charge in [0.1, 0.15) is 17.3 Å². The van der Waals surface area contributed by atoms with E-state index in [-0.39, 0.29) is 16.5 Å². The van der Waals surface area contributed by atoms with Crippen molar-refractivity contribution in [3.8, 4) is 5.75 Å². The maximum atomic E-state index is 13.7. The number of methoxy groups -OCH3 is 1. The molecule has 2 heterocycles. The molecular formula is C25H16ClFN2O4S. The molecule has 6 nitrogen and oxygen atoms in total. The fourth-order valence-electron chi connectivity index (χ4n) is 3.94. The Hall–Kier alpha value is -3.75. The first-order valence-electron chi connectivity index (χ1n) is 10.1. The summed E-state index contributed by atoms with van der Waals surface area (Å²) in [4.78, 5) is 32.2. The van der Waals surface area contributed by atoms with Crippen LogP contribution in [0.1, 0.15) is 17.2 Å². The highest BCUT2D eigenvalue weighted by molar-refractivity contribution is 7.22. The number of carbonyl (C=O) groups excluding carboxylic acids is 2. The Labute approximate surface area is 202 Å². The van der Waals surface area contributed by atoms with Gasteiger partial charge in [-0.3, -0.25) is 14.5 Å². The Bertz CT molecular complexity index is 1500. The van der Waals surface area contributed by atoms with Gasteiger partial charge >= 0.3 is 5.91 Å². The highest BCUT2D eigenvalue weighted by Gasteiger charge is 2.48. The SMILES string of the molecule is COc1cccc(C(O)=C2C(=O)C(=O)N(c3nc4ccc(F)cc4s3)C2c2cccc(Cl)c2)c1. The van der Waals surface area contributed by atoms with E-state index in [1.807, 2.05) is 0 Å². The van der Waals surface area contributed by atoms with Crippen LogP contribution in [0.4, 0.5) is 9.52 Å². The van der Waals surface area contributed by atoms with E-state index in [4.69, 9.17) is 16.3 Å². The normalized spacial score (nSPS) is 17.5. The lowest BCUT2D eigenvalue weighted by atomic mass is 9.95. The van der Waals surface area contributed by atoms with Crippen LogP contribution < -0.4 is 9.64 Å². The molecule has 0 radical (unpaired) electrons. The molecule has 0 saturated carbocycles. The van der Waals surface area contributed by atoms with Crippen LogP contribution in [-0.4, -0.2) is 28.9 Å². The predicted molar refractivity (Wildman–Crippen MR) is 129 cm³/mol. The molecule has 5 rings (SSSR count). The second-order valence-electron chi connectivity index (χ2n) is 7.56. The van der Waals surface area contributed by atoms with E-state index in [2.05, 4.69) is 4.98 Å². The molecule has 0 aliphatic carbocycles. The van der Waals surface area contributed by atoms with Gasteiger partial charge in [0.25, 0.3) is 5.78 Å². The van der Waals surface area contributed by atoms with E-state index in [9.17, 15) is 19.1 Å². The molecule has 1 amide bonds. The summed E-state index contributed by atoms with van der Waals surface area (Å²) in [6, 6.07) is 16.3. The lowest BCUT2D eigenvalue weighted by Crippen LogP contribution is -2.29. The molecular weight excluding hydrogens is 479 g/mol. The molecule has 1 aliphatic rings. The zero-order valence-electron chi connectivity index (χ0n) is 17.7. The van der Waals surface area contributed by atoms with Gasteiger partial charge in [-0.05, 0) is 48.0 Å². The van der Waals surface area contributed by atoms with Gasteiger partial charge in [-0.2, -0.15) is 0 Å². The summed E-state index contributed by atoms with van der Waals surface area (Å²) in [5, 5.41) is 11.8. The molecule has 1 N–H and O–H groups in total. The Morgan fingerprint density at radius 2 is 1.91 bits per heavy atom. The van der Waals surface area contributed by atoms with Gasteiger partial charge in [0.05, 0.1) is 28.9 Å². The van der Waals surface area contributed by atoms with E-state index in [0.29, 0.717) is 32.1 Å². The summed E-state index contributed by atoms with van der Waals surface area (Å²) in [6.45, 7) is 0. The number of ether oxygens (including phenoxy) is 1. The summed E-state index contributed by atoms with van der Waals surface area (Å²) >= 11 is 7.29. The highest BCUT2D eigenvalue weighted by Crippen LogP contribution is 2.44. The van der Waals surface area contributed by atoms with Crippen molar-refractivity contribution in [3.63, 3.8) is 0 Å². The number of hydrogen-bond acceptors (Lipinski definition) is 6. The minimum Gasteiger partial charge on any atom is -0.507 e. The molecule has 0 bridgehead atoms. The second-order valence-corrected chi connectivity index (χ2v) is 9.01. The fourth-order valence-corrected chi connectivity index (χ4v) is 5.15. The molecule has 34 heavy (non-hydrogen) atoms. The number of carbonyl (C=O) groups is 2. The van der Waals surface area contributed by atoms with Crippen LogP contribution in [-0.2, 0) is 9.59 Å². The number of aliphatic hydroxyl groups excluding tert-OH is 1. The van der Waals surface area contributed by atoms with E-state index >= 15 is 0 Å². The monoisotopic (exact) mass is 494 g/mol. The number of thiazole rings is 1. The molecule has 0 spiro atoms. The van der Waals surface area contributed by atoms with Crippen LogP contribution in [0.25, 0.3) is 16.0 Å². The number of fused-ring (bicyclic) bond motifs is 1. The molecule has 9 heteroatoms. The minimum absolute atomic E-state index is 0.106. The third kappa shape index (κ3) is 3.70. The number of rotatable bonds is 4. The molecule has 1 aromatic heterocycles. The Morgan fingerprint density at radius 1 is 1.12 bits per heavy atom. The number of hydrogen-bond donors (Lipinski definition) is 1. The predicted octanol–water partition coefficient (Wildman–Crippen LogP) is 5.72. The first-order valence-corrected chi connectivity index (χ1v) is 11.3. The summed E-state index contributed by atoms with van der Waals surface area (Å²) in [5.74, 6) is -2.03. The van der Waals surface area contributed by atoms with Crippen molar-refractivity contribution in [1.29, 1.82) is 0 Å². The molecule has 1 fully saturated rings. The Balaban J connectivity index is 1.74. The number of benzene rings is 3. The van der Waals surface area contributed by atoms with Crippen LogP contribution in [0.15, 0.2) is 72.3 Å². The molecule has 1 atom stereocenters. The third-order valence-corrected chi connectivity index (χ3v) is 6.75. The molecule has 1 aliphatic heterocycles.